The van der Waals surface area contributed by atoms with Gasteiger partial charge in [-0.3, -0.25) is 9.59 Å². The molecule has 1 aliphatic rings. The number of rotatable bonds is 4. The number of Topliss-reactive ketones (excluding diaryl/α,β-unsaturated/α-hetero) is 1. The number of ketones is 1. The molecule has 0 unspecified atom stereocenters. The minimum atomic E-state index is -1.78. The minimum absolute atomic E-state index is 0.246. The number of carbonyl (C=O) groups excluding carboxylic acids is 2. The van der Waals surface area contributed by atoms with E-state index in [2.05, 4.69) is 0 Å². The van der Waals surface area contributed by atoms with Crippen molar-refractivity contribution in [3.63, 3.8) is 0 Å². The molecule has 1 aliphatic heterocycles. The summed E-state index contributed by atoms with van der Waals surface area (Å²) in [6.45, 7) is 2.30. The molecule has 0 spiro atoms. The monoisotopic (exact) mass is 295 g/mol. The molecule has 0 saturated carbocycles. The predicted octanol–water partition coefficient (Wildman–Crippen LogP) is 2.51. The average Bonchev–Trinajstić information content (AvgIpc) is 2.76. The highest BCUT2D eigenvalue weighted by Gasteiger charge is 2.50. The number of nitrogens with zero attached hydrogens (tertiary/aromatic N) is 1. The van der Waals surface area contributed by atoms with E-state index in [1.54, 1.807) is 42.5 Å². The maximum atomic E-state index is 12.6. The van der Waals surface area contributed by atoms with Gasteiger partial charge in [0.15, 0.2) is 11.4 Å². The summed E-state index contributed by atoms with van der Waals surface area (Å²) in [6.07, 6.45) is -0.247. The largest absolute Gasteiger partial charge is 0.375 e. The second-order valence-electron chi connectivity index (χ2n) is 5.39. The van der Waals surface area contributed by atoms with E-state index in [1.165, 1.54) is 4.90 Å². The number of likely N-dealkylation sites (N-methyl/N-ethyl adjacent to an activating group) is 1. The Morgan fingerprint density at radius 1 is 1.09 bits per heavy atom. The van der Waals surface area contributed by atoms with Crippen LogP contribution >= 0.6 is 0 Å². The van der Waals surface area contributed by atoms with Gasteiger partial charge in [0.1, 0.15) is 0 Å². The van der Waals surface area contributed by atoms with Gasteiger partial charge in [-0.25, -0.2) is 0 Å². The molecule has 0 bridgehead atoms. The Kier molecular flexibility index (Phi) is 3.54. The van der Waals surface area contributed by atoms with Gasteiger partial charge in [-0.2, -0.15) is 0 Å². The first kappa shape index (κ1) is 14.5. The fourth-order valence-electron chi connectivity index (χ4n) is 2.95. The third-order valence-electron chi connectivity index (χ3n) is 4.07. The number of para-hydroxylation sites is 1. The highest BCUT2D eigenvalue weighted by Crippen LogP contribution is 2.42. The Labute approximate surface area is 129 Å². The lowest BCUT2D eigenvalue weighted by Gasteiger charge is -2.22. The Hall–Kier alpha value is -2.46. The summed E-state index contributed by atoms with van der Waals surface area (Å²) in [6, 6.07) is 15.8. The van der Waals surface area contributed by atoms with Crippen molar-refractivity contribution in [1.29, 1.82) is 0 Å². The lowest BCUT2D eigenvalue weighted by atomic mass is 9.88. The summed E-state index contributed by atoms with van der Waals surface area (Å²) in [7, 11) is 0. The van der Waals surface area contributed by atoms with E-state index in [9.17, 15) is 14.7 Å². The molecule has 1 atom stereocenters. The van der Waals surface area contributed by atoms with Crippen LogP contribution in [0.2, 0.25) is 0 Å². The molecule has 1 amide bonds. The molecule has 1 N–H and O–H groups in total. The van der Waals surface area contributed by atoms with E-state index in [0.29, 0.717) is 23.4 Å². The van der Waals surface area contributed by atoms with Gasteiger partial charge >= 0.3 is 0 Å². The van der Waals surface area contributed by atoms with Crippen LogP contribution < -0.4 is 4.90 Å². The minimum Gasteiger partial charge on any atom is -0.375 e. The molecule has 22 heavy (non-hydrogen) atoms. The van der Waals surface area contributed by atoms with Crippen molar-refractivity contribution in [2.24, 2.45) is 0 Å². The first-order valence-electron chi connectivity index (χ1n) is 7.30. The fraction of sp³-hybridized carbons (Fsp3) is 0.222. The van der Waals surface area contributed by atoms with Crippen LogP contribution in [0.3, 0.4) is 0 Å². The van der Waals surface area contributed by atoms with Crippen molar-refractivity contribution < 1.29 is 14.7 Å². The zero-order valence-electron chi connectivity index (χ0n) is 12.3. The average molecular weight is 295 g/mol. The zero-order chi connectivity index (χ0) is 15.7. The van der Waals surface area contributed by atoms with Crippen LogP contribution in [0.25, 0.3) is 0 Å². The number of hydrogen-bond acceptors (Lipinski definition) is 3. The standard InChI is InChI=1S/C18H17NO3/c1-2-19-15-11-7-6-10-14(15)18(22,17(19)21)12-16(20)13-8-4-3-5-9-13/h3-11,22H,2,12H2,1H3/t18-/m1/s1. The molecule has 1 heterocycles. The molecule has 0 radical (unpaired) electrons. The molecule has 112 valence electrons. The van der Waals surface area contributed by atoms with Gasteiger partial charge in [-0.05, 0) is 13.0 Å². The third kappa shape index (κ3) is 2.12. The van der Waals surface area contributed by atoms with Gasteiger partial charge < -0.3 is 10.0 Å². The number of benzene rings is 2. The van der Waals surface area contributed by atoms with Crippen LogP contribution in [-0.2, 0) is 10.4 Å². The molecular weight excluding hydrogens is 278 g/mol. The summed E-state index contributed by atoms with van der Waals surface area (Å²) in [5, 5.41) is 10.9. The normalized spacial score (nSPS) is 20.1. The SMILES string of the molecule is CCN1C(=O)[C@@](O)(CC(=O)c2ccccc2)c2ccccc21. The van der Waals surface area contributed by atoms with Gasteiger partial charge in [0, 0.05) is 17.7 Å². The van der Waals surface area contributed by atoms with Gasteiger partial charge in [0.25, 0.3) is 5.91 Å². The van der Waals surface area contributed by atoms with E-state index in [4.69, 9.17) is 0 Å². The molecule has 2 aromatic carbocycles. The molecule has 3 rings (SSSR count). The molecular formula is C18H17NO3. The van der Waals surface area contributed by atoms with Crippen molar-refractivity contribution in [2.75, 3.05) is 11.4 Å². The molecule has 0 saturated heterocycles. The third-order valence-corrected chi connectivity index (χ3v) is 4.07. The van der Waals surface area contributed by atoms with Crippen LogP contribution in [0.15, 0.2) is 54.6 Å². The summed E-state index contributed by atoms with van der Waals surface area (Å²) in [5.41, 5.74) is -0.0971. The van der Waals surface area contributed by atoms with Crippen molar-refractivity contribution >= 4 is 17.4 Å². The van der Waals surface area contributed by atoms with Gasteiger partial charge in [0.05, 0.1) is 12.1 Å². The predicted molar refractivity (Wildman–Crippen MR) is 83.8 cm³/mol. The van der Waals surface area contributed by atoms with Crippen molar-refractivity contribution in [1.82, 2.24) is 0 Å². The summed E-state index contributed by atoms with van der Waals surface area (Å²) < 4.78 is 0. The fourth-order valence-corrected chi connectivity index (χ4v) is 2.95. The summed E-state index contributed by atoms with van der Waals surface area (Å²) >= 11 is 0. The van der Waals surface area contributed by atoms with Crippen LogP contribution in [0.4, 0.5) is 5.69 Å². The van der Waals surface area contributed by atoms with Crippen LogP contribution in [0.1, 0.15) is 29.3 Å². The Balaban J connectivity index is 1.99. The molecule has 4 heteroatoms. The Morgan fingerprint density at radius 2 is 1.73 bits per heavy atom. The highest BCUT2D eigenvalue weighted by atomic mass is 16.3. The first-order chi connectivity index (χ1) is 10.6. The lowest BCUT2D eigenvalue weighted by molar-refractivity contribution is -0.135. The Morgan fingerprint density at radius 3 is 2.41 bits per heavy atom. The second-order valence-corrected chi connectivity index (χ2v) is 5.39. The molecule has 4 nitrogen and oxygen atoms in total. The van der Waals surface area contributed by atoms with E-state index < -0.39 is 11.5 Å². The lowest BCUT2D eigenvalue weighted by Crippen LogP contribution is -2.41. The van der Waals surface area contributed by atoms with E-state index in [-0.39, 0.29) is 12.2 Å². The van der Waals surface area contributed by atoms with Gasteiger partial charge in [-0.1, -0.05) is 48.5 Å². The van der Waals surface area contributed by atoms with Crippen molar-refractivity contribution in [3.8, 4) is 0 Å². The highest BCUT2D eigenvalue weighted by molar-refractivity contribution is 6.10. The van der Waals surface area contributed by atoms with Gasteiger partial charge in [-0.15, -0.1) is 0 Å². The molecule has 0 fully saturated rings. The summed E-state index contributed by atoms with van der Waals surface area (Å²) in [5.74, 6) is -0.676. The molecule has 2 aromatic rings. The van der Waals surface area contributed by atoms with Crippen LogP contribution in [-0.4, -0.2) is 23.3 Å². The smallest absolute Gasteiger partial charge is 0.264 e. The zero-order valence-corrected chi connectivity index (χ0v) is 12.3. The number of hydrogen-bond donors (Lipinski definition) is 1. The van der Waals surface area contributed by atoms with Crippen molar-refractivity contribution in [2.45, 2.75) is 18.9 Å². The number of aliphatic hydroxyl groups is 1. The van der Waals surface area contributed by atoms with E-state index in [1.807, 2.05) is 19.1 Å². The molecule has 0 aromatic heterocycles. The first-order valence-corrected chi connectivity index (χ1v) is 7.30. The maximum absolute atomic E-state index is 12.6. The van der Waals surface area contributed by atoms with Crippen molar-refractivity contribution in [3.05, 3.63) is 65.7 Å². The van der Waals surface area contributed by atoms with Crippen LogP contribution in [0.5, 0.6) is 0 Å². The quantitative estimate of drug-likeness (QED) is 0.882. The number of carbonyl (C=O) groups is 2. The van der Waals surface area contributed by atoms with E-state index in [0.717, 1.165) is 0 Å². The van der Waals surface area contributed by atoms with E-state index >= 15 is 0 Å². The second kappa shape index (κ2) is 5.39. The number of anilines is 1. The number of fused-ring (bicyclic) bond motifs is 1. The summed E-state index contributed by atoms with van der Waals surface area (Å²) in [4.78, 5) is 26.6. The van der Waals surface area contributed by atoms with Gasteiger partial charge in [0.2, 0.25) is 0 Å². The maximum Gasteiger partial charge on any atom is 0.264 e. The molecule has 0 aliphatic carbocycles. The topological polar surface area (TPSA) is 57.6 Å². The van der Waals surface area contributed by atoms with Crippen LogP contribution in [0, 0.1) is 0 Å². The number of amides is 1. The Bertz CT molecular complexity index is 726.